The highest BCUT2D eigenvalue weighted by atomic mass is 16.5. The molecule has 0 bridgehead atoms. The second kappa shape index (κ2) is 7.08. The number of hydrogen-bond donors (Lipinski definition) is 3. The topological polar surface area (TPSA) is 78.7 Å². The van der Waals surface area contributed by atoms with E-state index in [0.717, 1.165) is 48.4 Å². The summed E-state index contributed by atoms with van der Waals surface area (Å²) in [5.74, 6) is 0.352. The Kier molecular flexibility index (Phi) is 5.16. The lowest BCUT2D eigenvalue weighted by molar-refractivity contribution is -0.127. The number of amides is 1. The van der Waals surface area contributed by atoms with Gasteiger partial charge in [0.05, 0.1) is 12.2 Å². The number of carbonyl (C=O) groups is 1. The largest absolute Gasteiger partial charge is 0.360 e. The minimum absolute atomic E-state index is 0.0129. The van der Waals surface area contributed by atoms with Crippen LogP contribution in [-0.2, 0) is 11.2 Å². The van der Waals surface area contributed by atoms with Crippen molar-refractivity contribution in [1.29, 1.82) is 0 Å². The summed E-state index contributed by atoms with van der Waals surface area (Å²) in [6.07, 6.45) is 6.18. The number of rotatable bonds is 7. The summed E-state index contributed by atoms with van der Waals surface area (Å²) >= 11 is 0. The maximum atomic E-state index is 11.2. The molecule has 0 aliphatic carbocycles. The van der Waals surface area contributed by atoms with Crippen molar-refractivity contribution in [2.45, 2.75) is 39.5 Å². The Morgan fingerprint density at radius 3 is 2.95 bits per heavy atom. The number of aryl methyl sites for hydroxylation is 2. The molecule has 1 amide bonds. The van der Waals surface area contributed by atoms with E-state index in [2.05, 4.69) is 12.2 Å². The van der Waals surface area contributed by atoms with Crippen LogP contribution in [0.3, 0.4) is 0 Å². The molecule has 0 saturated carbocycles. The van der Waals surface area contributed by atoms with Crippen LogP contribution in [0, 0.1) is 6.92 Å². The molecule has 2 rings (SSSR count). The molecule has 2 aromatic heterocycles. The van der Waals surface area contributed by atoms with Gasteiger partial charge in [-0.05, 0) is 31.4 Å². The number of pyridine rings is 1. The number of hydrogen-bond acceptors (Lipinski definition) is 4. The first kappa shape index (κ1) is 15.3. The molecule has 6 heteroatoms. The van der Waals surface area contributed by atoms with Crippen LogP contribution < -0.4 is 10.8 Å². The maximum absolute atomic E-state index is 11.2. The molecule has 114 valence electrons. The average molecular weight is 290 g/mol. The van der Waals surface area contributed by atoms with Gasteiger partial charge < -0.3 is 5.32 Å². The highest BCUT2D eigenvalue weighted by Crippen LogP contribution is 2.22. The van der Waals surface area contributed by atoms with Gasteiger partial charge in [0.25, 0.3) is 5.91 Å². The SMILES string of the molecule is CCCCCc1nc2c(C)cccn2c1NCC(=O)NO. The molecule has 6 nitrogen and oxygen atoms in total. The minimum atomic E-state index is -0.475. The smallest absolute Gasteiger partial charge is 0.262 e. The number of nitrogens with one attached hydrogen (secondary N) is 2. The summed E-state index contributed by atoms with van der Waals surface area (Å²) in [6.45, 7) is 4.19. The fourth-order valence-corrected chi connectivity index (χ4v) is 2.36. The molecule has 21 heavy (non-hydrogen) atoms. The number of imidazole rings is 1. The van der Waals surface area contributed by atoms with Crippen LogP contribution in [0.1, 0.15) is 37.4 Å². The van der Waals surface area contributed by atoms with Gasteiger partial charge in [-0.15, -0.1) is 0 Å². The Morgan fingerprint density at radius 1 is 1.43 bits per heavy atom. The second-order valence-corrected chi connectivity index (χ2v) is 5.14. The van der Waals surface area contributed by atoms with E-state index in [9.17, 15) is 4.79 Å². The van der Waals surface area contributed by atoms with Crippen molar-refractivity contribution in [3.05, 3.63) is 29.6 Å². The van der Waals surface area contributed by atoms with Gasteiger partial charge in [-0.2, -0.15) is 0 Å². The maximum Gasteiger partial charge on any atom is 0.262 e. The Hall–Kier alpha value is -2.08. The lowest BCUT2D eigenvalue weighted by atomic mass is 10.1. The molecule has 0 spiro atoms. The van der Waals surface area contributed by atoms with Crippen molar-refractivity contribution < 1.29 is 10.0 Å². The summed E-state index contributed by atoms with van der Waals surface area (Å²) in [4.78, 5) is 15.9. The van der Waals surface area contributed by atoms with Crippen LogP contribution in [0.2, 0.25) is 0 Å². The lowest BCUT2D eigenvalue weighted by Crippen LogP contribution is -2.27. The van der Waals surface area contributed by atoms with Crippen LogP contribution in [0.25, 0.3) is 5.65 Å². The molecule has 0 atom stereocenters. The summed E-state index contributed by atoms with van der Waals surface area (Å²) in [6, 6.07) is 3.97. The van der Waals surface area contributed by atoms with Crippen molar-refractivity contribution in [1.82, 2.24) is 14.9 Å². The van der Waals surface area contributed by atoms with Gasteiger partial charge in [-0.1, -0.05) is 25.8 Å². The number of nitrogens with zero attached hydrogens (tertiary/aromatic N) is 2. The fourth-order valence-electron chi connectivity index (χ4n) is 2.36. The number of aromatic nitrogens is 2. The van der Waals surface area contributed by atoms with Gasteiger partial charge in [0, 0.05) is 6.20 Å². The molecule has 0 aromatic carbocycles. The van der Waals surface area contributed by atoms with Crippen molar-refractivity contribution in [3.63, 3.8) is 0 Å². The van der Waals surface area contributed by atoms with Crippen molar-refractivity contribution in [3.8, 4) is 0 Å². The van der Waals surface area contributed by atoms with Crippen molar-refractivity contribution >= 4 is 17.4 Å². The number of unbranched alkanes of at least 4 members (excludes halogenated alkanes) is 2. The van der Waals surface area contributed by atoms with Crippen LogP contribution >= 0.6 is 0 Å². The number of anilines is 1. The van der Waals surface area contributed by atoms with E-state index in [1.165, 1.54) is 0 Å². The lowest BCUT2D eigenvalue weighted by Gasteiger charge is -2.08. The van der Waals surface area contributed by atoms with Crippen molar-refractivity contribution in [2.24, 2.45) is 0 Å². The Bertz CT molecular complexity index is 621. The van der Waals surface area contributed by atoms with Gasteiger partial charge in [0.1, 0.15) is 11.5 Å². The zero-order valence-electron chi connectivity index (χ0n) is 12.5. The van der Waals surface area contributed by atoms with E-state index in [-0.39, 0.29) is 6.54 Å². The van der Waals surface area contributed by atoms with E-state index >= 15 is 0 Å². The molecular weight excluding hydrogens is 268 g/mol. The summed E-state index contributed by atoms with van der Waals surface area (Å²) in [5.41, 5.74) is 4.58. The minimum Gasteiger partial charge on any atom is -0.360 e. The van der Waals surface area contributed by atoms with E-state index < -0.39 is 5.91 Å². The second-order valence-electron chi connectivity index (χ2n) is 5.14. The monoisotopic (exact) mass is 290 g/mol. The first-order valence-corrected chi connectivity index (χ1v) is 7.30. The fraction of sp³-hybridized carbons (Fsp3) is 0.467. The predicted octanol–water partition coefficient (Wildman–Crippen LogP) is 2.29. The normalized spacial score (nSPS) is 10.8. The summed E-state index contributed by atoms with van der Waals surface area (Å²) < 4.78 is 1.96. The number of hydroxylamine groups is 1. The van der Waals surface area contributed by atoms with Crippen LogP contribution in [-0.4, -0.2) is 27.0 Å². The molecular formula is C15H22N4O2. The van der Waals surface area contributed by atoms with Gasteiger partial charge in [-0.25, -0.2) is 10.5 Å². The molecule has 0 saturated heterocycles. The highest BCUT2D eigenvalue weighted by Gasteiger charge is 2.13. The van der Waals surface area contributed by atoms with E-state index in [0.29, 0.717) is 0 Å². The molecule has 2 heterocycles. The third kappa shape index (κ3) is 3.52. The first-order chi connectivity index (χ1) is 10.2. The molecule has 0 fully saturated rings. The van der Waals surface area contributed by atoms with Crippen molar-refractivity contribution in [2.75, 3.05) is 11.9 Å². The van der Waals surface area contributed by atoms with E-state index in [1.54, 1.807) is 5.48 Å². The van der Waals surface area contributed by atoms with Crippen LogP contribution in [0.4, 0.5) is 5.82 Å². The zero-order valence-corrected chi connectivity index (χ0v) is 12.5. The molecule has 2 aromatic rings. The number of fused-ring (bicyclic) bond motifs is 1. The third-order valence-electron chi connectivity index (χ3n) is 3.48. The third-order valence-corrected chi connectivity index (χ3v) is 3.48. The van der Waals surface area contributed by atoms with Gasteiger partial charge in [0.15, 0.2) is 0 Å². The molecule has 0 aliphatic rings. The predicted molar refractivity (Wildman–Crippen MR) is 81.6 cm³/mol. The average Bonchev–Trinajstić information content (AvgIpc) is 2.84. The highest BCUT2D eigenvalue weighted by molar-refractivity contribution is 5.79. The molecule has 0 aliphatic heterocycles. The Labute approximate surface area is 124 Å². The van der Waals surface area contributed by atoms with Crippen LogP contribution in [0.15, 0.2) is 18.3 Å². The van der Waals surface area contributed by atoms with Gasteiger partial charge >= 0.3 is 0 Å². The number of carbonyl (C=O) groups excluding carboxylic acids is 1. The van der Waals surface area contributed by atoms with Gasteiger partial charge in [0.2, 0.25) is 0 Å². The van der Waals surface area contributed by atoms with Crippen LogP contribution in [0.5, 0.6) is 0 Å². The first-order valence-electron chi connectivity index (χ1n) is 7.30. The molecule has 0 unspecified atom stereocenters. The molecule has 3 N–H and O–H groups in total. The summed E-state index contributed by atoms with van der Waals surface area (Å²) in [5, 5.41) is 11.7. The summed E-state index contributed by atoms with van der Waals surface area (Å²) in [7, 11) is 0. The van der Waals surface area contributed by atoms with E-state index in [4.69, 9.17) is 10.2 Å². The quantitative estimate of drug-likeness (QED) is 0.415. The zero-order chi connectivity index (χ0) is 15.2. The Morgan fingerprint density at radius 2 is 2.24 bits per heavy atom. The standard InChI is InChI=1S/C15H22N4O2/c1-3-4-5-8-12-15(16-10-13(20)18-21)19-9-6-7-11(2)14(19)17-12/h6-7,9,16,21H,3-5,8,10H2,1-2H3,(H,18,20). The molecule has 0 radical (unpaired) electrons. The van der Waals surface area contributed by atoms with E-state index in [1.807, 2.05) is 29.7 Å². The Balaban J connectivity index is 2.30. The van der Waals surface area contributed by atoms with Gasteiger partial charge in [-0.3, -0.25) is 14.4 Å².